The van der Waals surface area contributed by atoms with Crippen LogP contribution in [-0.4, -0.2) is 40.8 Å². The van der Waals surface area contributed by atoms with Crippen LogP contribution in [0.3, 0.4) is 0 Å². The van der Waals surface area contributed by atoms with E-state index in [0.29, 0.717) is 19.5 Å². The van der Waals surface area contributed by atoms with Crippen molar-refractivity contribution in [2.24, 2.45) is 0 Å². The molecule has 1 spiro atoms. The Kier molecular flexibility index (Phi) is 4.73. The number of hydrogen-bond donors (Lipinski definition) is 2. The summed E-state index contributed by atoms with van der Waals surface area (Å²) in [5, 5.41) is 12.9. The first kappa shape index (κ1) is 15.8. The molecule has 1 aromatic rings. The number of benzene rings is 1. The van der Waals surface area contributed by atoms with Gasteiger partial charge in [-0.05, 0) is 56.2 Å². The smallest absolute Gasteiger partial charge is 0.317 e. The first-order chi connectivity index (χ1) is 10.6. The zero-order valence-corrected chi connectivity index (χ0v) is 14.3. The molecule has 1 aliphatic heterocycles. The zero-order valence-electron chi connectivity index (χ0n) is 12.7. The minimum absolute atomic E-state index is 0.0293. The molecule has 1 unspecified atom stereocenters. The van der Waals surface area contributed by atoms with Gasteiger partial charge in [-0.1, -0.05) is 28.1 Å². The Labute approximate surface area is 140 Å². The number of aliphatic hydroxyl groups is 1. The average Bonchev–Trinajstić information content (AvgIpc) is 2.45. The molecule has 5 heteroatoms. The van der Waals surface area contributed by atoms with Crippen molar-refractivity contribution < 1.29 is 9.90 Å². The lowest BCUT2D eigenvalue weighted by molar-refractivity contribution is -0.0398. The number of nitrogens with one attached hydrogen (secondary N) is 1. The summed E-state index contributed by atoms with van der Waals surface area (Å²) >= 11 is 3.46. The van der Waals surface area contributed by atoms with Gasteiger partial charge in [-0.3, -0.25) is 0 Å². The van der Waals surface area contributed by atoms with Crippen molar-refractivity contribution in [2.45, 2.75) is 50.2 Å². The number of hydrogen-bond acceptors (Lipinski definition) is 2. The fourth-order valence-corrected chi connectivity index (χ4v) is 4.09. The molecule has 4 nitrogen and oxygen atoms in total. The highest BCUT2D eigenvalue weighted by Gasteiger charge is 2.48. The number of aliphatic hydroxyl groups excluding tert-OH is 1. The molecule has 2 aliphatic rings. The summed E-state index contributed by atoms with van der Waals surface area (Å²) in [4.78, 5) is 14.5. The van der Waals surface area contributed by atoms with Gasteiger partial charge in [0.15, 0.2) is 0 Å². The van der Waals surface area contributed by atoms with Crippen LogP contribution in [-0.2, 0) is 6.42 Å². The van der Waals surface area contributed by atoms with E-state index in [1.54, 1.807) is 0 Å². The van der Waals surface area contributed by atoms with E-state index < -0.39 is 0 Å². The minimum atomic E-state index is -0.244. The van der Waals surface area contributed by atoms with Gasteiger partial charge in [0.1, 0.15) is 0 Å². The number of nitrogens with zero attached hydrogens (tertiary/aromatic N) is 1. The van der Waals surface area contributed by atoms with Crippen LogP contribution in [0.25, 0.3) is 0 Å². The number of carbonyl (C=O) groups excluding carboxylic acids is 1. The molecule has 1 saturated heterocycles. The van der Waals surface area contributed by atoms with Crippen molar-refractivity contribution in [1.82, 2.24) is 10.2 Å². The van der Waals surface area contributed by atoms with Gasteiger partial charge in [-0.15, -0.1) is 0 Å². The molecule has 1 atom stereocenters. The lowest BCUT2D eigenvalue weighted by atomic mass is 9.69. The molecule has 1 aromatic carbocycles. The van der Waals surface area contributed by atoms with Gasteiger partial charge in [0, 0.05) is 23.1 Å². The Morgan fingerprint density at radius 2 is 2.27 bits per heavy atom. The van der Waals surface area contributed by atoms with Crippen molar-refractivity contribution in [1.29, 1.82) is 0 Å². The van der Waals surface area contributed by atoms with E-state index in [9.17, 15) is 9.90 Å². The van der Waals surface area contributed by atoms with Gasteiger partial charge < -0.3 is 15.3 Å². The largest absolute Gasteiger partial charge is 0.393 e. The topological polar surface area (TPSA) is 52.6 Å². The molecule has 120 valence electrons. The van der Waals surface area contributed by atoms with Gasteiger partial charge >= 0.3 is 6.03 Å². The van der Waals surface area contributed by atoms with Crippen molar-refractivity contribution >= 4 is 22.0 Å². The summed E-state index contributed by atoms with van der Waals surface area (Å²) in [5.74, 6) is 0. The van der Waals surface area contributed by atoms with Gasteiger partial charge in [0.2, 0.25) is 0 Å². The van der Waals surface area contributed by atoms with Crippen LogP contribution in [0.15, 0.2) is 28.7 Å². The summed E-state index contributed by atoms with van der Waals surface area (Å²) in [6.45, 7) is 1.31. The van der Waals surface area contributed by atoms with E-state index in [0.717, 1.165) is 36.6 Å². The zero-order chi connectivity index (χ0) is 15.6. The number of amides is 2. The molecule has 1 aliphatic carbocycles. The Balaban J connectivity index is 1.53. The third kappa shape index (κ3) is 3.30. The SMILES string of the molecule is O=C(NCCc1cccc(Br)c1)N1CCC(O)CC12CCC2. The molecule has 1 saturated carbocycles. The Morgan fingerprint density at radius 3 is 2.95 bits per heavy atom. The molecule has 2 N–H and O–H groups in total. The quantitative estimate of drug-likeness (QED) is 0.863. The summed E-state index contributed by atoms with van der Waals surface area (Å²) < 4.78 is 1.06. The predicted octanol–water partition coefficient (Wildman–Crippen LogP) is 3.08. The highest BCUT2D eigenvalue weighted by Crippen LogP contribution is 2.44. The van der Waals surface area contributed by atoms with Crippen molar-refractivity contribution in [3.05, 3.63) is 34.3 Å². The summed E-state index contributed by atoms with van der Waals surface area (Å²) in [7, 11) is 0. The third-order valence-electron chi connectivity index (χ3n) is 4.98. The number of likely N-dealkylation sites (tertiary alicyclic amines) is 1. The molecular formula is C17H23BrN2O2. The number of rotatable bonds is 3. The summed E-state index contributed by atoms with van der Waals surface area (Å²) in [5.41, 5.74) is 1.14. The Bertz CT molecular complexity index is 545. The van der Waals surface area contributed by atoms with Gasteiger partial charge in [0.25, 0.3) is 0 Å². The maximum absolute atomic E-state index is 12.5. The predicted molar refractivity (Wildman–Crippen MR) is 89.8 cm³/mol. The monoisotopic (exact) mass is 366 g/mol. The van der Waals surface area contributed by atoms with Crippen LogP contribution in [0.1, 0.15) is 37.7 Å². The Morgan fingerprint density at radius 1 is 1.45 bits per heavy atom. The maximum Gasteiger partial charge on any atom is 0.317 e. The highest BCUT2D eigenvalue weighted by atomic mass is 79.9. The minimum Gasteiger partial charge on any atom is -0.393 e. The van der Waals surface area contributed by atoms with E-state index in [2.05, 4.69) is 33.4 Å². The fourth-order valence-electron chi connectivity index (χ4n) is 3.64. The van der Waals surface area contributed by atoms with E-state index in [1.165, 1.54) is 5.56 Å². The normalized spacial score (nSPS) is 23.2. The molecule has 3 rings (SSSR count). The van der Waals surface area contributed by atoms with Gasteiger partial charge in [-0.2, -0.15) is 0 Å². The number of urea groups is 1. The van der Waals surface area contributed by atoms with Gasteiger partial charge in [-0.25, -0.2) is 4.79 Å². The third-order valence-corrected chi connectivity index (χ3v) is 5.48. The Hall–Kier alpha value is -1.07. The fraction of sp³-hybridized carbons (Fsp3) is 0.588. The number of carbonyl (C=O) groups is 1. The lowest BCUT2D eigenvalue weighted by Crippen LogP contribution is -2.63. The van der Waals surface area contributed by atoms with E-state index >= 15 is 0 Å². The van der Waals surface area contributed by atoms with Crippen LogP contribution in [0.4, 0.5) is 4.79 Å². The van der Waals surface area contributed by atoms with Crippen LogP contribution < -0.4 is 5.32 Å². The standard InChI is InChI=1S/C17H23BrN2O2/c18-14-4-1-3-13(11-14)5-9-19-16(22)20-10-6-15(21)12-17(20)7-2-8-17/h1,3-4,11,15,21H,2,5-10,12H2,(H,19,22). The molecule has 1 heterocycles. The van der Waals surface area contributed by atoms with Crippen LogP contribution in [0.5, 0.6) is 0 Å². The molecular weight excluding hydrogens is 344 g/mol. The van der Waals surface area contributed by atoms with Crippen molar-refractivity contribution in [3.8, 4) is 0 Å². The van der Waals surface area contributed by atoms with E-state index in [4.69, 9.17) is 0 Å². The molecule has 2 amide bonds. The van der Waals surface area contributed by atoms with Crippen LogP contribution in [0.2, 0.25) is 0 Å². The number of piperidine rings is 1. The molecule has 0 aromatic heterocycles. The second-order valence-corrected chi connectivity index (χ2v) is 7.40. The second kappa shape index (κ2) is 6.59. The summed E-state index contributed by atoms with van der Waals surface area (Å²) in [6, 6.07) is 8.19. The van der Waals surface area contributed by atoms with Crippen LogP contribution >= 0.6 is 15.9 Å². The van der Waals surface area contributed by atoms with E-state index in [1.807, 2.05) is 17.0 Å². The second-order valence-electron chi connectivity index (χ2n) is 6.49. The molecule has 2 fully saturated rings. The first-order valence-corrected chi connectivity index (χ1v) is 8.86. The van der Waals surface area contributed by atoms with E-state index in [-0.39, 0.29) is 17.7 Å². The molecule has 0 radical (unpaired) electrons. The first-order valence-electron chi connectivity index (χ1n) is 8.07. The van der Waals surface area contributed by atoms with Gasteiger partial charge in [0.05, 0.1) is 6.10 Å². The highest BCUT2D eigenvalue weighted by molar-refractivity contribution is 9.10. The number of halogens is 1. The molecule has 0 bridgehead atoms. The van der Waals surface area contributed by atoms with Crippen molar-refractivity contribution in [2.75, 3.05) is 13.1 Å². The van der Waals surface area contributed by atoms with Crippen LogP contribution in [0, 0.1) is 0 Å². The summed E-state index contributed by atoms with van der Waals surface area (Å²) in [6.07, 6.45) is 5.24. The van der Waals surface area contributed by atoms with Crippen molar-refractivity contribution in [3.63, 3.8) is 0 Å². The lowest BCUT2D eigenvalue weighted by Gasteiger charge is -2.54. The molecule has 22 heavy (non-hydrogen) atoms. The maximum atomic E-state index is 12.5. The average molecular weight is 367 g/mol.